The predicted octanol–water partition coefficient (Wildman–Crippen LogP) is 2.47. The maximum atomic E-state index is 12.0. The summed E-state index contributed by atoms with van der Waals surface area (Å²) in [7, 11) is 1.88. The molecule has 0 heterocycles. The Balaban J connectivity index is 1.82. The van der Waals surface area contributed by atoms with E-state index >= 15 is 0 Å². The molecule has 20 heavy (non-hydrogen) atoms. The van der Waals surface area contributed by atoms with Gasteiger partial charge in [-0.1, -0.05) is 18.9 Å². The molecule has 0 bridgehead atoms. The minimum Gasteiger partial charge on any atom is -0.389 e. The van der Waals surface area contributed by atoms with Crippen LogP contribution in [0.2, 0.25) is 0 Å². The van der Waals surface area contributed by atoms with Gasteiger partial charge in [-0.2, -0.15) is 0 Å². The summed E-state index contributed by atoms with van der Waals surface area (Å²) in [6.45, 7) is 0.862. The van der Waals surface area contributed by atoms with Crippen molar-refractivity contribution in [2.75, 3.05) is 25.5 Å². The van der Waals surface area contributed by atoms with Crippen molar-refractivity contribution in [1.29, 1.82) is 0 Å². The first kappa shape index (κ1) is 15.7. The zero-order chi connectivity index (χ0) is 14.6. The molecule has 0 atom stereocenters. The molecule has 1 fully saturated rings. The van der Waals surface area contributed by atoms with Gasteiger partial charge in [0.05, 0.1) is 12.1 Å². The Hall–Kier alpha value is -0.660. The second kappa shape index (κ2) is 6.87. The average Bonchev–Trinajstić information content (AvgIpc) is 2.74. The summed E-state index contributed by atoms with van der Waals surface area (Å²) in [5.41, 5.74) is 0.215. The maximum absolute atomic E-state index is 12.0. The Labute approximate surface area is 133 Å². The number of benzene rings is 1. The number of anilines is 1. The van der Waals surface area contributed by atoms with Crippen LogP contribution in [0.4, 0.5) is 5.69 Å². The van der Waals surface area contributed by atoms with Crippen molar-refractivity contribution in [3.05, 3.63) is 27.8 Å². The lowest BCUT2D eigenvalue weighted by atomic mass is 10.0. The predicted molar refractivity (Wildman–Crippen MR) is 88.7 cm³/mol. The molecule has 1 aromatic carbocycles. The minimum atomic E-state index is -0.600. The third-order valence-corrected chi connectivity index (χ3v) is 4.29. The molecule has 0 aromatic heterocycles. The van der Waals surface area contributed by atoms with Gasteiger partial charge >= 0.3 is 0 Å². The normalized spacial score (nSPS) is 17.4. The van der Waals surface area contributed by atoms with Crippen molar-refractivity contribution in [2.24, 2.45) is 0 Å². The Morgan fingerprint density at radius 2 is 2.15 bits per heavy atom. The quantitative estimate of drug-likeness (QED) is 0.763. The van der Waals surface area contributed by atoms with Gasteiger partial charge in [0.1, 0.15) is 0 Å². The first-order valence-corrected chi connectivity index (χ1v) is 8.01. The molecule has 1 aliphatic carbocycles. The van der Waals surface area contributed by atoms with Gasteiger partial charge in [-0.15, -0.1) is 0 Å². The van der Waals surface area contributed by atoms with Crippen LogP contribution in [0.5, 0.6) is 0 Å². The van der Waals surface area contributed by atoms with E-state index in [-0.39, 0.29) is 5.91 Å². The number of aliphatic hydroxyl groups is 1. The minimum absolute atomic E-state index is 0.0453. The first-order chi connectivity index (χ1) is 9.47. The molecule has 5 heteroatoms. The lowest BCUT2D eigenvalue weighted by molar-refractivity contribution is -0.117. The van der Waals surface area contributed by atoms with Gasteiger partial charge < -0.3 is 10.4 Å². The lowest BCUT2D eigenvalue weighted by Crippen LogP contribution is -2.42. The molecule has 1 aliphatic rings. The summed E-state index contributed by atoms with van der Waals surface area (Å²) < 4.78 is 1.09. The summed E-state index contributed by atoms with van der Waals surface area (Å²) in [5.74, 6) is -0.0453. The molecule has 0 spiro atoms. The van der Waals surface area contributed by atoms with Crippen molar-refractivity contribution >= 4 is 34.2 Å². The van der Waals surface area contributed by atoms with E-state index in [9.17, 15) is 9.90 Å². The van der Waals surface area contributed by atoms with Gasteiger partial charge in [-0.3, -0.25) is 9.69 Å². The van der Waals surface area contributed by atoms with Crippen molar-refractivity contribution in [3.63, 3.8) is 0 Å². The number of nitrogens with one attached hydrogen (secondary N) is 1. The topological polar surface area (TPSA) is 52.6 Å². The fourth-order valence-electron chi connectivity index (χ4n) is 2.76. The van der Waals surface area contributed by atoms with Gasteiger partial charge in [0.2, 0.25) is 5.91 Å². The van der Waals surface area contributed by atoms with Gasteiger partial charge in [0, 0.05) is 15.8 Å². The van der Waals surface area contributed by atoms with Crippen molar-refractivity contribution < 1.29 is 9.90 Å². The van der Waals surface area contributed by atoms with Crippen molar-refractivity contribution in [1.82, 2.24) is 4.90 Å². The molecular formula is C15H21IN2O2. The second-order valence-corrected chi connectivity index (χ2v) is 6.91. The molecule has 0 saturated heterocycles. The maximum Gasteiger partial charge on any atom is 0.238 e. The van der Waals surface area contributed by atoms with Crippen molar-refractivity contribution in [2.45, 2.75) is 31.3 Å². The standard InChI is InChI=1S/C15H21IN2O2/c1-18(11-15(20)7-2-3-8-15)10-14(19)17-13-6-4-5-12(16)9-13/h4-6,9,20H,2-3,7-8,10-11H2,1H3,(H,17,19). The molecule has 1 aromatic rings. The molecule has 1 saturated carbocycles. The zero-order valence-corrected chi connectivity index (χ0v) is 13.9. The van der Waals surface area contributed by atoms with E-state index in [2.05, 4.69) is 27.9 Å². The number of likely N-dealkylation sites (N-methyl/N-ethyl adjacent to an activating group) is 1. The van der Waals surface area contributed by atoms with Crippen LogP contribution in [0.15, 0.2) is 24.3 Å². The lowest BCUT2D eigenvalue weighted by Gasteiger charge is -2.28. The van der Waals surface area contributed by atoms with E-state index in [0.29, 0.717) is 13.1 Å². The molecule has 0 radical (unpaired) electrons. The highest BCUT2D eigenvalue weighted by Crippen LogP contribution is 2.29. The summed E-state index contributed by atoms with van der Waals surface area (Å²) in [6.07, 6.45) is 3.85. The Morgan fingerprint density at radius 3 is 2.80 bits per heavy atom. The van der Waals surface area contributed by atoms with E-state index in [4.69, 9.17) is 0 Å². The monoisotopic (exact) mass is 388 g/mol. The fourth-order valence-corrected chi connectivity index (χ4v) is 3.30. The van der Waals surface area contributed by atoms with Crippen LogP contribution in [0.1, 0.15) is 25.7 Å². The van der Waals surface area contributed by atoms with Crippen LogP contribution in [0.25, 0.3) is 0 Å². The van der Waals surface area contributed by atoms with E-state index < -0.39 is 5.60 Å². The van der Waals surface area contributed by atoms with Crippen LogP contribution >= 0.6 is 22.6 Å². The van der Waals surface area contributed by atoms with Gasteiger partial charge in [0.15, 0.2) is 0 Å². The Kier molecular flexibility index (Phi) is 5.40. The summed E-state index contributed by atoms with van der Waals surface area (Å²) in [5, 5.41) is 13.2. The number of hydrogen-bond donors (Lipinski definition) is 2. The van der Waals surface area contributed by atoms with Crippen LogP contribution in [-0.2, 0) is 4.79 Å². The average molecular weight is 388 g/mol. The van der Waals surface area contributed by atoms with Crippen LogP contribution in [0, 0.1) is 3.57 Å². The summed E-state index contributed by atoms with van der Waals surface area (Å²) >= 11 is 2.22. The largest absolute Gasteiger partial charge is 0.389 e. The highest BCUT2D eigenvalue weighted by atomic mass is 127. The third-order valence-electron chi connectivity index (χ3n) is 3.62. The Morgan fingerprint density at radius 1 is 1.45 bits per heavy atom. The Bertz CT molecular complexity index is 473. The van der Waals surface area contributed by atoms with Gasteiger partial charge in [0.25, 0.3) is 0 Å². The number of nitrogens with zero attached hydrogens (tertiary/aromatic N) is 1. The van der Waals surface area contributed by atoms with E-state index in [1.807, 2.05) is 36.2 Å². The van der Waals surface area contributed by atoms with E-state index in [1.54, 1.807) is 0 Å². The molecule has 2 rings (SSSR count). The highest BCUT2D eigenvalue weighted by Gasteiger charge is 2.32. The molecule has 2 N–H and O–H groups in total. The number of carbonyl (C=O) groups excluding carboxylic acids is 1. The molecule has 1 amide bonds. The van der Waals surface area contributed by atoms with Crippen LogP contribution < -0.4 is 5.32 Å². The second-order valence-electron chi connectivity index (χ2n) is 5.66. The molecule has 0 unspecified atom stereocenters. The fraction of sp³-hybridized carbons (Fsp3) is 0.533. The summed E-state index contributed by atoms with van der Waals surface area (Å²) in [6, 6.07) is 7.72. The number of amides is 1. The zero-order valence-electron chi connectivity index (χ0n) is 11.7. The van der Waals surface area contributed by atoms with Gasteiger partial charge in [-0.05, 0) is 60.7 Å². The number of carbonyl (C=O) groups is 1. The third kappa shape index (κ3) is 4.71. The summed E-state index contributed by atoms with van der Waals surface area (Å²) in [4.78, 5) is 13.9. The molecule has 0 aliphatic heterocycles. The smallest absolute Gasteiger partial charge is 0.238 e. The van der Waals surface area contributed by atoms with Gasteiger partial charge in [-0.25, -0.2) is 0 Å². The highest BCUT2D eigenvalue weighted by molar-refractivity contribution is 14.1. The number of halogens is 1. The van der Waals surface area contributed by atoms with Crippen molar-refractivity contribution in [3.8, 4) is 0 Å². The number of hydrogen-bond acceptors (Lipinski definition) is 3. The van der Waals surface area contributed by atoms with Crippen LogP contribution in [-0.4, -0.2) is 41.7 Å². The molecule has 110 valence electrons. The first-order valence-electron chi connectivity index (χ1n) is 6.93. The van der Waals surface area contributed by atoms with E-state index in [0.717, 1.165) is 34.9 Å². The molecule has 4 nitrogen and oxygen atoms in total. The number of rotatable bonds is 5. The SMILES string of the molecule is CN(CC(=O)Nc1cccc(I)c1)CC1(O)CCCC1. The molecular weight excluding hydrogens is 367 g/mol. The van der Waals surface area contributed by atoms with Crippen LogP contribution in [0.3, 0.4) is 0 Å². The van der Waals surface area contributed by atoms with E-state index in [1.165, 1.54) is 0 Å².